The number of aliphatic hydroxyl groups is 1. The van der Waals surface area contributed by atoms with E-state index in [9.17, 15) is 4.79 Å². The molecule has 0 fully saturated rings. The summed E-state index contributed by atoms with van der Waals surface area (Å²) in [4.78, 5) is 10.3. The molecule has 0 heterocycles. The van der Waals surface area contributed by atoms with Crippen molar-refractivity contribution in [1.82, 2.24) is 0 Å². The molecule has 1 rings (SSSR count). The molecule has 4 nitrogen and oxygen atoms in total. The number of hydrogen-bond donors (Lipinski definition) is 3. The van der Waals surface area contributed by atoms with Crippen molar-refractivity contribution >= 4 is 57.4 Å². The van der Waals surface area contributed by atoms with E-state index in [0.29, 0.717) is 0 Å². The third-order valence-electron chi connectivity index (χ3n) is 1.44. The fourth-order valence-electron chi connectivity index (χ4n) is 0.799. The van der Waals surface area contributed by atoms with Crippen LogP contribution in [0.2, 0.25) is 0 Å². The maximum absolute atomic E-state index is 10.3. The summed E-state index contributed by atoms with van der Waals surface area (Å²) in [5.74, 6) is -1.27. The number of hydrogen-bond acceptors (Lipinski definition) is 3. The van der Waals surface area contributed by atoms with Gasteiger partial charge in [-0.2, -0.15) is 0 Å². The van der Waals surface area contributed by atoms with Crippen molar-refractivity contribution in [2.24, 2.45) is 0 Å². The van der Waals surface area contributed by atoms with Crippen LogP contribution in [-0.2, 0) is 4.79 Å². The zero-order chi connectivity index (χ0) is 9.14. The van der Waals surface area contributed by atoms with Crippen LogP contribution in [0.4, 0.5) is 0 Å². The summed E-state index contributed by atoms with van der Waals surface area (Å²) in [7, 11) is 0. The molecule has 13 heavy (non-hydrogen) atoms. The van der Waals surface area contributed by atoms with Crippen molar-refractivity contribution in [2.75, 3.05) is 0 Å². The second-order valence-electron chi connectivity index (χ2n) is 2.33. The number of benzene rings is 1. The molecule has 3 N–H and O–H groups in total. The van der Waals surface area contributed by atoms with Gasteiger partial charge in [0.2, 0.25) is 0 Å². The predicted octanol–water partition coefficient (Wildman–Crippen LogP) is -0.138. The van der Waals surface area contributed by atoms with Crippen LogP contribution in [0.5, 0.6) is 5.75 Å². The summed E-state index contributed by atoms with van der Waals surface area (Å²) in [5.41, 5.74) is 0.250. The average molecular weight is 208 g/mol. The number of aliphatic carboxylic acids is 1. The van der Waals surface area contributed by atoms with E-state index < -0.39 is 12.1 Å². The van der Waals surface area contributed by atoms with Crippen LogP contribution in [0.1, 0.15) is 11.7 Å². The summed E-state index contributed by atoms with van der Waals surface area (Å²) in [6.45, 7) is 0. The fourth-order valence-corrected chi connectivity index (χ4v) is 0.799. The molecule has 0 amide bonds. The van der Waals surface area contributed by atoms with Gasteiger partial charge in [0.15, 0.2) is 6.10 Å². The fraction of sp³-hybridized carbons (Fsp3) is 0.125. The molecule has 0 bridgehead atoms. The predicted molar refractivity (Wildman–Crippen MR) is 47.9 cm³/mol. The van der Waals surface area contributed by atoms with E-state index in [1.54, 1.807) is 0 Å². The average Bonchev–Trinajstić information content (AvgIpc) is 2.04. The van der Waals surface area contributed by atoms with Gasteiger partial charge in [-0.05, 0) is 17.7 Å². The Hall–Kier alpha value is 0.0864. The molecule has 0 saturated heterocycles. The van der Waals surface area contributed by atoms with Crippen molar-refractivity contribution in [2.45, 2.75) is 6.10 Å². The normalized spacial score (nSPS) is 11.5. The molecule has 0 saturated carbocycles. The van der Waals surface area contributed by atoms with Crippen LogP contribution >= 0.6 is 0 Å². The Morgan fingerprint density at radius 3 is 2.08 bits per heavy atom. The number of carboxylic acids is 1. The first kappa shape index (κ1) is 13.1. The summed E-state index contributed by atoms with van der Waals surface area (Å²) < 4.78 is 0. The standard InChI is InChI=1S/C8H8O4.K.H/c9-6-3-1-5(2-4-6)7(10)8(11)12;;/h1-4,7,9-10H,(H,11,12);;/t7-;;/m1../s1. The second-order valence-corrected chi connectivity index (χ2v) is 2.33. The van der Waals surface area contributed by atoms with E-state index in [1.807, 2.05) is 0 Å². The van der Waals surface area contributed by atoms with E-state index in [4.69, 9.17) is 15.3 Å². The van der Waals surface area contributed by atoms with Crippen molar-refractivity contribution in [3.8, 4) is 5.75 Å². The molecule has 0 aliphatic rings. The minimum atomic E-state index is -1.52. The van der Waals surface area contributed by atoms with Gasteiger partial charge in [-0.3, -0.25) is 0 Å². The van der Waals surface area contributed by atoms with Gasteiger partial charge in [-0.1, -0.05) is 12.1 Å². The third-order valence-corrected chi connectivity index (χ3v) is 1.44. The monoisotopic (exact) mass is 208 g/mol. The van der Waals surface area contributed by atoms with Gasteiger partial charge in [0.1, 0.15) is 5.75 Å². The molecule has 5 heteroatoms. The first-order chi connectivity index (χ1) is 5.61. The Labute approximate surface area is 118 Å². The molecule has 66 valence electrons. The molecule has 0 aliphatic heterocycles. The molecular formula is C8H9KO4. The van der Waals surface area contributed by atoms with E-state index in [0.717, 1.165) is 0 Å². The van der Waals surface area contributed by atoms with Crippen LogP contribution in [0.15, 0.2) is 24.3 Å². The minimum absolute atomic E-state index is 0. The summed E-state index contributed by atoms with van der Waals surface area (Å²) in [6.07, 6.45) is -1.52. The Kier molecular flexibility index (Phi) is 5.78. The molecule has 1 aromatic rings. The first-order valence-corrected chi connectivity index (χ1v) is 3.31. The van der Waals surface area contributed by atoms with E-state index >= 15 is 0 Å². The number of phenols is 1. The van der Waals surface area contributed by atoms with Crippen LogP contribution in [-0.4, -0.2) is 72.7 Å². The van der Waals surface area contributed by atoms with Gasteiger partial charge in [0.05, 0.1) is 0 Å². The van der Waals surface area contributed by atoms with Gasteiger partial charge in [0.25, 0.3) is 0 Å². The van der Waals surface area contributed by atoms with E-state index in [1.165, 1.54) is 24.3 Å². The van der Waals surface area contributed by atoms with E-state index in [-0.39, 0.29) is 62.7 Å². The first-order valence-electron chi connectivity index (χ1n) is 3.31. The van der Waals surface area contributed by atoms with Crippen LogP contribution in [0.25, 0.3) is 0 Å². The third kappa shape index (κ3) is 3.76. The molecule has 1 atom stereocenters. The zero-order valence-corrected chi connectivity index (χ0v) is 6.14. The number of carboxylic acid groups (broad SMARTS) is 1. The van der Waals surface area contributed by atoms with Crippen molar-refractivity contribution < 1.29 is 20.1 Å². The molecular weight excluding hydrogens is 199 g/mol. The van der Waals surface area contributed by atoms with Crippen LogP contribution in [0, 0.1) is 0 Å². The topological polar surface area (TPSA) is 77.8 Å². The van der Waals surface area contributed by atoms with Gasteiger partial charge in [0, 0.05) is 0 Å². The zero-order valence-electron chi connectivity index (χ0n) is 6.14. The summed E-state index contributed by atoms with van der Waals surface area (Å²) >= 11 is 0. The molecule has 0 aromatic heterocycles. The molecule has 0 spiro atoms. The number of rotatable bonds is 2. The maximum atomic E-state index is 10.3. The molecule has 0 unspecified atom stereocenters. The quantitative estimate of drug-likeness (QED) is 0.591. The Bertz CT molecular complexity index is 283. The number of aromatic hydroxyl groups is 1. The Morgan fingerprint density at radius 2 is 1.69 bits per heavy atom. The van der Waals surface area contributed by atoms with Gasteiger partial charge in [-0.15, -0.1) is 0 Å². The Morgan fingerprint density at radius 1 is 1.23 bits per heavy atom. The number of aliphatic hydroxyl groups excluding tert-OH is 1. The van der Waals surface area contributed by atoms with Crippen LogP contribution < -0.4 is 0 Å². The second kappa shape index (κ2) is 5.74. The van der Waals surface area contributed by atoms with Gasteiger partial charge in [-0.25, -0.2) is 4.79 Å². The van der Waals surface area contributed by atoms with Gasteiger partial charge < -0.3 is 15.3 Å². The van der Waals surface area contributed by atoms with Crippen molar-refractivity contribution in [3.05, 3.63) is 29.8 Å². The van der Waals surface area contributed by atoms with Crippen molar-refractivity contribution in [3.63, 3.8) is 0 Å². The summed E-state index contributed by atoms with van der Waals surface area (Å²) in [6, 6.07) is 5.35. The van der Waals surface area contributed by atoms with E-state index in [2.05, 4.69) is 0 Å². The van der Waals surface area contributed by atoms with Gasteiger partial charge >= 0.3 is 57.4 Å². The molecule has 1 aromatic carbocycles. The van der Waals surface area contributed by atoms with Crippen molar-refractivity contribution in [1.29, 1.82) is 0 Å². The number of carbonyl (C=O) groups is 1. The number of phenolic OH excluding ortho intramolecular Hbond substituents is 1. The molecule has 0 aliphatic carbocycles. The SMILES string of the molecule is O=C(O)[C@H](O)c1ccc(O)cc1.[KH]. The molecule has 0 radical (unpaired) electrons. The Balaban J connectivity index is 0.00000144. The summed E-state index contributed by atoms with van der Waals surface area (Å²) in [5, 5.41) is 26.2. The van der Waals surface area contributed by atoms with Crippen LogP contribution in [0.3, 0.4) is 0 Å².